The second-order valence-corrected chi connectivity index (χ2v) is 5.45. The van der Waals surface area contributed by atoms with E-state index in [-0.39, 0.29) is 5.91 Å². The first-order valence-electron chi connectivity index (χ1n) is 7.59. The Kier molecular flexibility index (Phi) is 4.85. The van der Waals surface area contributed by atoms with Crippen LogP contribution in [0, 0.1) is 0 Å². The van der Waals surface area contributed by atoms with Gasteiger partial charge in [0.1, 0.15) is 0 Å². The average molecular weight is 290 g/mol. The fourth-order valence-electron chi connectivity index (χ4n) is 2.80. The second kappa shape index (κ2) is 7.02. The monoisotopic (exact) mass is 290 g/mol. The van der Waals surface area contributed by atoms with Crippen LogP contribution in [0.5, 0.6) is 0 Å². The molecule has 2 aliphatic heterocycles. The average Bonchev–Trinajstić information content (AvgIpc) is 2.56. The molecule has 5 nitrogen and oxygen atoms in total. The number of morpholine rings is 2. The number of nitrogens with zero attached hydrogens (tertiary/aromatic N) is 2. The Morgan fingerprint density at radius 1 is 0.952 bits per heavy atom. The van der Waals surface area contributed by atoms with E-state index in [9.17, 15) is 4.79 Å². The van der Waals surface area contributed by atoms with Crippen molar-refractivity contribution < 1.29 is 14.3 Å². The smallest absolute Gasteiger partial charge is 0.254 e. The molecule has 1 aromatic rings. The van der Waals surface area contributed by atoms with E-state index in [0.717, 1.165) is 44.0 Å². The molecule has 2 aliphatic rings. The van der Waals surface area contributed by atoms with Crippen LogP contribution in [0.15, 0.2) is 24.3 Å². The van der Waals surface area contributed by atoms with Gasteiger partial charge in [0.05, 0.1) is 26.4 Å². The second-order valence-electron chi connectivity index (χ2n) is 5.45. The molecule has 0 unspecified atom stereocenters. The van der Waals surface area contributed by atoms with Crippen LogP contribution in [0.1, 0.15) is 15.9 Å². The quantitative estimate of drug-likeness (QED) is 0.832. The number of hydrogen-bond donors (Lipinski definition) is 0. The summed E-state index contributed by atoms with van der Waals surface area (Å²) in [5.74, 6) is 0.127. The summed E-state index contributed by atoms with van der Waals surface area (Å²) in [5.41, 5.74) is 1.93. The molecule has 0 aliphatic carbocycles. The van der Waals surface area contributed by atoms with Crippen molar-refractivity contribution in [2.24, 2.45) is 0 Å². The minimum Gasteiger partial charge on any atom is -0.379 e. The molecular weight excluding hydrogens is 268 g/mol. The van der Waals surface area contributed by atoms with E-state index >= 15 is 0 Å². The van der Waals surface area contributed by atoms with Gasteiger partial charge in [-0.25, -0.2) is 0 Å². The first-order chi connectivity index (χ1) is 10.3. The molecule has 2 saturated heterocycles. The molecule has 3 rings (SSSR count). The molecule has 0 aromatic heterocycles. The third kappa shape index (κ3) is 3.61. The van der Waals surface area contributed by atoms with Crippen LogP contribution in [-0.2, 0) is 16.0 Å². The Morgan fingerprint density at radius 2 is 1.57 bits per heavy atom. The highest BCUT2D eigenvalue weighted by molar-refractivity contribution is 5.95. The summed E-state index contributed by atoms with van der Waals surface area (Å²) in [5, 5.41) is 0. The van der Waals surface area contributed by atoms with E-state index in [1.807, 2.05) is 23.1 Å². The van der Waals surface area contributed by atoms with Gasteiger partial charge in [0.25, 0.3) is 5.91 Å². The molecule has 2 heterocycles. The molecule has 0 spiro atoms. The summed E-state index contributed by atoms with van der Waals surface area (Å²) < 4.78 is 10.7. The number of benzene rings is 1. The molecular formula is C16H22N2O3. The van der Waals surface area contributed by atoms with Crippen LogP contribution in [0.25, 0.3) is 0 Å². The summed E-state index contributed by atoms with van der Waals surface area (Å²) in [6.07, 6.45) is 0. The summed E-state index contributed by atoms with van der Waals surface area (Å²) in [6.45, 7) is 6.87. The zero-order valence-electron chi connectivity index (χ0n) is 12.3. The van der Waals surface area contributed by atoms with E-state index in [1.54, 1.807) is 0 Å². The molecule has 0 N–H and O–H groups in total. The molecule has 2 fully saturated rings. The molecule has 0 saturated carbocycles. The lowest BCUT2D eigenvalue weighted by molar-refractivity contribution is 0.0290. The van der Waals surface area contributed by atoms with Gasteiger partial charge in [-0.3, -0.25) is 9.69 Å². The molecule has 1 amide bonds. The first-order valence-corrected chi connectivity index (χ1v) is 7.59. The van der Waals surface area contributed by atoms with E-state index in [0.29, 0.717) is 26.3 Å². The minimum atomic E-state index is 0.127. The van der Waals surface area contributed by atoms with E-state index in [2.05, 4.69) is 11.0 Å². The Labute approximate surface area is 125 Å². The highest BCUT2D eigenvalue weighted by atomic mass is 16.5. The highest BCUT2D eigenvalue weighted by Crippen LogP contribution is 2.16. The fourth-order valence-corrected chi connectivity index (χ4v) is 2.80. The van der Waals surface area contributed by atoms with Crippen molar-refractivity contribution in [2.45, 2.75) is 6.54 Å². The van der Waals surface area contributed by atoms with Gasteiger partial charge in [0.2, 0.25) is 0 Å². The SMILES string of the molecule is O=C(c1ccccc1CN1CCOCC1)N1CCOCC1. The summed E-state index contributed by atoms with van der Waals surface area (Å²) in [7, 11) is 0. The Balaban J connectivity index is 1.73. The standard InChI is InChI=1S/C16H22N2O3/c19-16(18-7-11-21-12-8-18)15-4-2-1-3-14(15)13-17-5-9-20-10-6-17/h1-4H,5-13H2. The predicted molar refractivity (Wildman–Crippen MR) is 79.3 cm³/mol. The molecule has 0 bridgehead atoms. The number of rotatable bonds is 3. The fraction of sp³-hybridized carbons (Fsp3) is 0.562. The van der Waals surface area contributed by atoms with Crippen LogP contribution >= 0.6 is 0 Å². The van der Waals surface area contributed by atoms with Crippen LogP contribution in [0.4, 0.5) is 0 Å². The number of carbonyl (C=O) groups excluding carboxylic acids is 1. The van der Waals surface area contributed by atoms with E-state index in [1.165, 1.54) is 0 Å². The molecule has 114 valence electrons. The van der Waals surface area contributed by atoms with Crippen LogP contribution in [0.3, 0.4) is 0 Å². The maximum Gasteiger partial charge on any atom is 0.254 e. The van der Waals surface area contributed by atoms with Gasteiger partial charge in [0, 0.05) is 38.3 Å². The van der Waals surface area contributed by atoms with Crippen molar-refractivity contribution in [3.8, 4) is 0 Å². The van der Waals surface area contributed by atoms with Crippen LogP contribution in [0.2, 0.25) is 0 Å². The Hall–Kier alpha value is -1.43. The van der Waals surface area contributed by atoms with Crippen molar-refractivity contribution >= 4 is 5.91 Å². The maximum atomic E-state index is 12.7. The van der Waals surface area contributed by atoms with Crippen LogP contribution < -0.4 is 0 Å². The summed E-state index contributed by atoms with van der Waals surface area (Å²) in [6, 6.07) is 7.94. The van der Waals surface area contributed by atoms with Crippen molar-refractivity contribution in [1.29, 1.82) is 0 Å². The minimum absolute atomic E-state index is 0.127. The summed E-state index contributed by atoms with van der Waals surface area (Å²) >= 11 is 0. The van der Waals surface area contributed by atoms with Gasteiger partial charge in [-0.2, -0.15) is 0 Å². The third-order valence-electron chi connectivity index (χ3n) is 4.04. The third-order valence-corrected chi connectivity index (χ3v) is 4.04. The predicted octanol–water partition coefficient (Wildman–Crippen LogP) is 0.991. The van der Waals surface area contributed by atoms with Crippen molar-refractivity contribution in [3.05, 3.63) is 35.4 Å². The Morgan fingerprint density at radius 3 is 2.29 bits per heavy atom. The van der Waals surface area contributed by atoms with Gasteiger partial charge >= 0.3 is 0 Å². The molecule has 5 heteroatoms. The van der Waals surface area contributed by atoms with Gasteiger partial charge in [-0.15, -0.1) is 0 Å². The lowest BCUT2D eigenvalue weighted by atomic mass is 10.1. The number of ether oxygens (including phenoxy) is 2. The molecule has 0 atom stereocenters. The van der Waals surface area contributed by atoms with Crippen molar-refractivity contribution in [1.82, 2.24) is 9.80 Å². The van der Waals surface area contributed by atoms with Crippen molar-refractivity contribution in [2.75, 3.05) is 52.6 Å². The van der Waals surface area contributed by atoms with Gasteiger partial charge in [-0.1, -0.05) is 18.2 Å². The maximum absolute atomic E-state index is 12.7. The lowest BCUT2D eigenvalue weighted by Crippen LogP contribution is -2.41. The Bertz CT molecular complexity index is 480. The van der Waals surface area contributed by atoms with Gasteiger partial charge in [-0.05, 0) is 11.6 Å². The zero-order valence-corrected chi connectivity index (χ0v) is 12.3. The molecule has 1 aromatic carbocycles. The molecule has 0 radical (unpaired) electrons. The van der Waals surface area contributed by atoms with E-state index in [4.69, 9.17) is 9.47 Å². The largest absolute Gasteiger partial charge is 0.379 e. The van der Waals surface area contributed by atoms with Gasteiger partial charge < -0.3 is 14.4 Å². The lowest BCUT2D eigenvalue weighted by Gasteiger charge is -2.29. The first kappa shape index (κ1) is 14.5. The number of amides is 1. The number of hydrogen-bond acceptors (Lipinski definition) is 4. The highest BCUT2D eigenvalue weighted by Gasteiger charge is 2.21. The van der Waals surface area contributed by atoms with E-state index < -0.39 is 0 Å². The molecule has 21 heavy (non-hydrogen) atoms. The van der Waals surface area contributed by atoms with Crippen LogP contribution in [-0.4, -0.2) is 68.3 Å². The topological polar surface area (TPSA) is 42.0 Å². The van der Waals surface area contributed by atoms with Gasteiger partial charge in [0.15, 0.2) is 0 Å². The summed E-state index contributed by atoms with van der Waals surface area (Å²) in [4.78, 5) is 16.9. The normalized spacial score (nSPS) is 20.5. The zero-order chi connectivity index (χ0) is 14.5. The van der Waals surface area contributed by atoms with Crippen molar-refractivity contribution in [3.63, 3.8) is 0 Å². The number of carbonyl (C=O) groups is 1.